The van der Waals surface area contributed by atoms with E-state index in [9.17, 15) is 9.90 Å². The monoisotopic (exact) mass is 234 g/mol. The smallest absolute Gasteiger partial charge is 0.308 e. The molecule has 0 aliphatic rings. The standard InChI is InChI=1S/C11H19ClO3/c1-5-10(3,4)11(14,8-12)7-9(13)15-6-2/h5,14H,1,6-8H2,2-4H3. The molecule has 0 aromatic rings. The predicted octanol–water partition coefficient (Wildman–Crippen LogP) is 2.12. The van der Waals surface area contributed by atoms with Crippen molar-refractivity contribution in [2.45, 2.75) is 32.8 Å². The number of aliphatic hydroxyl groups is 1. The van der Waals surface area contributed by atoms with E-state index in [2.05, 4.69) is 6.58 Å². The lowest BCUT2D eigenvalue weighted by Gasteiger charge is -2.38. The van der Waals surface area contributed by atoms with Crippen molar-refractivity contribution in [2.75, 3.05) is 12.5 Å². The van der Waals surface area contributed by atoms with E-state index in [1.54, 1.807) is 26.8 Å². The number of halogens is 1. The SMILES string of the molecule is C=CC(C)(C)C(O)(CCl)CC(=O)OCC. The van der Waals surface area contributed by atoms with Gasteiger partial charge in [0.1, 0.15) is 0 Å². The second-order valence-electron chi connectivity index (χ2n) is 4.07. The van der Waals surface area contributed by atoms with Gasteiger partial charge in [-0.2, -0.15) is 0 Å². The van der Waals surface area contributed by atoms with Crippen LogP contribution in [-0.4, -0.2) is 29.2 Å². The van der Waals surface area contributed by atoms with Gasteiger partial charge in [-0.25, -0.2) is 0 Å². The lowest BCUT2D eigenvalue weighted by Crippen LogP contribution is -2.47. The van der Waals surface area contributed by atoms with Gasteiger partial charge in [0, 0.05) is 5.41 Å². The molecule has 1 atom stereocenters. The molecule has 1 unspecified atom stereocenters. The molecule has 0 rings (SSSR count). The Labute approximate surface area is 96.1 Å². The van der Waals surface area contributed by atoms with Crippen LogP contribution in [0.15, 0.2) is 12.7 Å². The highest BCUT2D eigenvalue weighted by molar-refractivity contribution is 6.18. The third kappa shape index (κ3) is 3.50. The molecule has 15 heavy (non-hydrogen) atoms. The molecule has 0 spiro atoms. The van der Waals surface area contributed by atoms with Crippen LogP contribution in [0, 0.1) is 5.41 Å². The minimum absolute atomic E-state index is 0.0369. The minimum Gasteiger partial charge on any atom is -0.466 e. The molecule has 0 bridgehead atoms. The van der Waals surface area contributed by atoms with Crippen LogP contribution in [-0.2, 0) is 9.53 Å². The summed E-state index contributed by atoms with van der Waals surface area (Å²) in [5.41, 5.74) is -1.95. The average molecular weight is 235 g/mol. The molecule has 0 fully saturated rings. The van der Waals surface area contributed by atoms with Gasteiger partial charge in [0.2, 0.25) is 0 Å². The van der Waals surface area contributed by atoms with Crippen LogP contribution < -0.4 is 0 Å². The van der Waals surface area contributed by atoms with Gasteiger partial charge in [0.15, 0.2) is 0 Å². The Hall–Kier alpha value is -0.540. The molecule has 0 aromatic heterocycles. The molecule has 0 radical (unpaired) electrons. The van der Waals surface area contributed by atoms with Crippen LogP contribution in [0.25, 0.3) is 0 Å². The molecule has 0 aromatic carbocycles. The summed E-state index contributed by atoms with van der Waals surface area (Å²) in [6.07, 6.45) is 1.47. The second-order valence-corrected chi connectivity index (χ2v) is 4.34. The predicted molar refractivity (Wildman–Crippen MR) is 60.9 cm³/mol. The summed E-state index contributed by atoms with van der Waals surface area (Å²) in [5.74, 6) is -0.485. The minimum atomic E-state index is -1.32. The molecule has 1 N–H and O–H groups in total. The molecule has 0 saturated carbocycles. The quantitative estimate of drug-likeness (QED) is 0.435. The molecule has 88 valence electrons. The van der Waals surface area contributed by atoms with Crippen LogP contribution in [0.2, 0.25) is 0 Å². The highest BCUT2D eigenvalue weighted by Gasteiger charge is 2.42. The first-order chi connectivity index (χ1) is 6.83. The van der Waals surface area contributed by atoms with E-state index in [4.69, 9.17) is 16.3 Å². The topological polar surface area (TPSA) is 46.5 Å². The lowest BCUT2D eigenvalue weighted by atomic mass is 9.74. The normalized spacial score (nSPS) is 15.5. The lowest BCUT2D eigenvalue weighted by molar-refractivity contribution is -0.151. The summed E-state index contributed by atoms with van der Waals surface area (Å²) in [6, 6.07) is 0. The van der Waals surface area contributed by atoms with Crippen molar-refractivity contribution in [3.8, 4) is 0 Å². The zero-order valence-electron chi connectivity index (χ0n) is 9.55. The first-order valence-corrected chi connectivity index (χ1v) is 5.44. The summed E-state index contributed by atoms with van der Waals surface area (Å²) >= 11 is 5.71. The highest BCUT2D eigenvalue weighted by Crippen LogP contribution is 2.36. The van der Waals surface area contributed by atoms with Crippen molar-refractivity contribution in [1.82, 2.24) is 0 Å². The van der Waals surface area contributed by atoms with E-state index in [-0.39, 0.29) is 12.3 Å². The van der Waals surface area contributed by atoms with Gasteiger partial charge in [-0.15, -0.1) is 18.2 Å². The van der Waals surface area contributed by atoms with E-state index in [0.29, 0.717) is 6.61 Å². The Kier molecular flexibility index (Phi) is 5.32. The van der Waals surface area contributed by atoms with Crippen molar-refractivity contribution in [3.05, 3.63) is 12.7 Å². The third-order valence-corrected chi connectivity index (χ3v) is 3.12. The van der Waals surface area contributed by atoms with Gasteiger partial charge >= 0.3 is 5.97 Å². The fourth-order valence-electron chi connectivity index (χ4n) is 1.09. The van der Waals surface area contributed by atoms with Crippen molar-refractivity contribution in [3.63, 3.8) is 0 Å². The number of carbonyl (C=O) groups is 1. The Morgan fingerprint density at radius 2 is 2.13 bits per heavy atom. The van der Waals surface area contributed by atoms with Crippen LogP contribution in [0.5, 0.6) is 0 Å². The molecule has 3 nitrogen and oxygen atoms in total. The first kappa shape index (κ1) is 14.5. The number of ether oxygens (including phenoxy) is 1. The molecule has 0 aliphatic carbocycles. The largest absolute Gasteiger partial charge is 0.466 e. The highest BCUT2D eigenvalue weighted by atomic mass is 35.5. The number of hydrogen-bond donors (Lipinski definition) is 1. The van der Waals surface area contributed by atoms with E-state index in [1.807, 2.05) is 0 Å². The van der Waals surface area contributed by atoms with E-state index >= 15 is 0 Å². The second kappa shape index (κ2) is 5.52. The fraction of sp³-hybridized carbons (Fsp3) is 0.727. The van der Waals surface area contributed by atoms with Gasteiger partial charge in [-0.1, -0.05) is 19.9 Å². The number of hydrogen-bond acceptors (Lipinski definition) is 3. The summed E-state index contributed by atoms with van der Waals surface area (Å²) in [4.78, 5) is 11.3. The molecular formula is C11H19ClO3. The molecule has 0 amide bonds. The Bertz CT molecular complexity index is 238. The van der Waals surface area contributed by atoms with Crippen LogP contribution in [0.4, 0.5) is 0 Å². The third-order valence-electron chi connectivity index (χ3n) is 2.67. The average Bonchev–Trinajstić information content (AvgIpc) is 2.17. The zero-order valence-corrected chi connectivity index (χ0v) is 10.3. The van der Waals surface area contributed by atoms with Crippen LogP contribution in [0.1, 0.15) is 27.2 Å². The fourth-order valence-corrected chi connectivity index (χ4v) is 1.53. The Morgan fingerprint density at radius 1 is 1.60 bits per heavy atom. The number of esters is 1. The van der Waals surface area contributed by atoms with Crippen LogP contribution >= 0.6 is 11.6 Å². The number of alkyl halides is 1. The van der Waals surface area contributed by atoms with Crippen molar-refractivity contribution in [2.24, 2.45) is 5.41 Å². The van der Waals surface area contributed by atoms with E-state index in [0.717, 1.165) is 0 Å². The molecule has 0 saturated heterocycles. The number of carbonyl (C=O) groups excluding carboxylic acids is 1. The molecule has 0 heterocycles. The molecule has 4 heteroatoms. The maximum Gasteiger partial charge on any atom is 0.308 e. The maximum absolute atomic E-state index is 11.3. The zero-order chi connectivity index (χ0) is 12.1. The summed E-state index contributed by atoms with van der Waals surface area (Å²) < 4.78 is 4.79. The van der Waals surface area contributed by atoms with Crippen LogP contribution in [0.3, 0.4) is 0 Å². The van der Waals surface area contributed by atoms with Gasteiger partial charge < -0.3 is 9.84 Å². The maximum atomic E-state index is 11.3. The Morgan fingerprint density at radius 3 is 2.47 bits per heavy atom. The Balaban J connectivity index is 4.71. The molecule has 0 aliphatic heterocycles. The van der Waals surface area contributed by atoms with E-state index in [1.165, 1.54) is 0 Å². The van der Waals surface area contributed by atoms with Gasteiger partial charge in [0.05, 0.1) is 24.5 Å². The molecular weight excluding hydrogens is 216 g/mol. The van der Waals surface area contributed by atoms with Crippen molar-refractivity contribution < 1.29 is 14.6 Å². The van der Waals surface area contributed by atoms with Gasteiger partial charge in [-0.3, -0.25) is 4.79 Å². The summed E-state index contributed by atoms with van der Waals surface area (Å²) in [7, 11) is 0. The summed E-state index contributed by atoms with van der Waals surface area (Å²) in [5, 5.41) is 10.2. The summed E-state index contributed by atoms with van der Waals surface area (Å²) in [6.45, 7) is 9.20. The van der Waals surface area contributed by atoms with E-state index < -0.39 is 17.0 Å². The van der Waals surface area contributed by atoms with Gasteiger partial charge in [0.25, 0.3) is 0 Å². The first-order valence-electron chi connectivity index (χ1n) is 4.90. The number of rotatable bonds is 6. The van der Waals surface area contributed by atoms with Crippen molar-refractivity contribution >= 4 is 17.6 Å². The van der Waals surface area contributed by atoms with Crippen molar-refractivity contribution in [1.29, 1.82) is 0 Å². The van der Waals surface area contributed by atoms with Gasteiger partial charge in [-0.05, 0) is 6.92 Å².